The summed E-state index contributed by atoms with van der Waals surface area (Å²) >= 11 is 0. The minimum Gasteiger partial charge on any atom is -0.496 e. The van der Waals surface area contributed by atoms with Crippen LogP contribution < -0.4 is 10.5 Å². The SMILES string of the molecule is COc1cc(F)ccc1C1CCC(N2CCC(N)C2)CC1. The van der Waals surface area contributed by atoms with Crippen LogP contribution >= 0.6 is 0 Å². The number of halogens is 1. The Balaban J connectivity index is 1.63. The summed E-state index contributed by atoms with van der Waals surface area (Å²) in [6.07, 6.45) is 5.85. The molecule has 1 atom stereocenters. The Labute approximate surface area is 126 Å². The predicted molar refractivity (Wildman–Crippen MR) is 82.1 cm³/mol. The van der Waals surface area contributed by atoms with E-state index in [0.29, 0.717) is 23.8 Å². The van der Waals surface area contributed by atoms with Crippen LogP contribution in [0.25, 0.3) is 0 Å². The fourth-order valence-electron chi connectivity index (χ4n) is 3.92. The van der Waals surface area contributed by atoms with E-state index in [2.05, 4.69) is 4.90 Å². The Hall–Kier alpha value is -1.13. The van der Waals surface area contributed by atoms with Gasteiger partial charge >= 0.3 is 0 Å². The van der Waals surface area contributed by atoms with E-state index in [1.165, 1.54) is 18.9 Å². The first-order valence-electron chi connectivity index (χ1n) is 8.00. The van der Waals surface area contributed by atoms with Gasteiger partial charge in [-0.2, -0.15) is 0 Å². The Morgan fingerprint density at radius 2 is 1.95 bits per heavy atom. The summed E-state index contributed by atoms with van der Waals surface area (Å²) in [7, 11) is 1.62. The van der Waals surface area contributed by atoms with Gasteiger partial charge < -0.3 is 10.5 Å². The molecule has 4 heteroatoms. The molecule has 1 saturated heterocycles. The van der Waals surface area contributed by atoms with Gasteiger partial charge in [-0.05, 0) is 49.7 Å². The molecule has 0 bridgehead atoms. The predicted octanol–water partition coefficient (Wildman–Crippen LogP) is 2.89. The van der Waals surface area contributed by atoms with E-state index in [9.17, 15) is 4.39 Å². The van der Waals surface area contributed by atoms with Crippen LogP contribution in [0.2, 0.25) is 0 Å². The second-order valence-electron chi connectivity index (χ2n) is 6.44. The third-order valence-electron chi connectivity index (χ3n) is 5.10. The van der Waals surface area contributed by atoms with Gasteiger partial charge in [-0.3, -0.25) is 4.90 Å². The van der Waals surface area contributed by atoms with Gasteiger partial charge in [0.15, 0.2) is 0 Å². The molecule has 21 heavy (non-hydrogen) atoms. The Morgan fingerprint density at radius 3 is 2.57 bits per heavy atom. The highest BCUT2D eigenvalue weighted by Gasteiger charge is 2.31. The lowest BCUT2D eigenvalue weighted by Gasteiger charge is -2.35. The highest BCUT2D eigenvalue weighted by atomic mass is 19.1. The Bertz CT molecular complexity index is 486. The maximum absolute atomic E-state index is 13.3. The molecule has 1 aliphatic carbocycles. The van der Waals surface area contributed by atoms with Gasteiger partial charge in [-0.15, -0.1) is 0 Å². The largest absolute Gasteiger partial charge is 0.496 e. The molecule has 1 saturated carbocycles. The zero-order valence-corrected chi connectivity index (χ0v) is 12.7. The van der Waals surface area contributed by atoms with Crippen LogP contribution in [0.15, 0.2) is 18.2 Å². The first-order chi connectivity index (χ1) is 10.2. The standard InChI is InChI=1S/C17H25FN2O/c1-21-17-10-13(18)4-7-16(17)12-2-5-15(6-3-12)20-9-8-14(19)11-20/h4,7,10,12,14-15H,2-3,5-6,8-9,11,19H2,1H3. The molecule has 2 aliphatic rings. The lowest BCUT2D eigenvalue weighted by atomic mass is 9.81. The Kier molecular flexibility index (Phi) is 4.45. The van der Waals surface area contributed by atoms with Gasteiger partial charge in [0.1, 0.15) is 11.6 Å². The van der Waals surface area contributed by atoms with Crippen LogP contribution in [0.4, 0.5) is 4.39 Å². The number of likely N-dealkylation sites (tertiary alicyclic amines) is 1. The summed E-state index contributed by atoms with van der Waals surface area (Å²) in [6, 6.07) is 5.98. The van der Waals surface area contributed by atoms with Crippen LogP contribution in [-0.2, 0) is 0 Å². The topological polar surface area (TPSA) is 38.5 Å². The van der Waals surface area contributed by atoms with Crippen LogP contribution in [-0.4, -0.2) is 37.2 Å². The van der Waals surface area contributed by atoms with Crippen molar-refractivity contribution in [1.29, 1.82) is 0 Å². The molecule has 1 heterocycles. The molecule has 2 N–H and O–H groups in total. The molecular formula is C17H25FN2O. The fraction of sp³-hybridized carbons (Fsp3) is 0.647. The van der Waals surface area contributed by atoms with Crippen molar-refractivity contribution < 1.29 is 9.13 Å². The molecule has 116 valence electrons. The molecule has 1 aromatic rings. The number of hydrogen-bond donors (Lipinski definition) is 1. The maximum atomic E-state index is 13.3. The van der Waals surface area contributed by atoms with Crippen molar-refractivity contribution >= 4 is 0 Å². The molecule has 0 radical (unpaired) electrons. The average Bonchev–Trinajstić information content (AvgIpc) is 2.94. The van der Waals surface area contributed by atoms with E-state index in [1.54, 1.807) is 13.2 Å². The van der Waals surface area contributed by atoms with Crippen molar-refractivity contribution in [2.24, 2.45) is 5.73 Å². The minimum atomic E-state index is -0.227. The third-order valence-corrected chi connectivity index (χ3v) is 5.10. The molecule has 2 fully saturated rings. The van der Waals surface area contributed by atoms with E-state index >= 15 is 0 Å². The van der Waals surface area contributed by atoms with Crippen molar-refractivity contribution in [2.45, 2.75) is 50.1 Å². The molecular weight excluding hydrogens is 267 g/mol. The molecule has 3 rings (SSSR count). The second kappa shape index (κ2) is 6.32. The first-order valence-corrected chi connectivity index (χ1v) is 8.00. The zero-order valence-electron chi connectivity index (χ0n) is 12.7. The van der Waals surface area contributed by atoms with Gasteiger partial charge in [0.25, 0.3) is 0 Å². The number of nitrogens with zero attached hydrogens (tertiary/aromatic N) is 1. The van der Waals surface area contributed by atoms with E-state index in [4.69, 9.17) is 10.5 Å². The van der Waals surface area contributed by atoms with Crippen LogP contribution in [0.1, 0.15) is 43.6 Å². The molecule has 0 aromatic heterocycles. The van der Waals surface area contributed by atoms with E-state index in [-0.39, 0.29) is 5.82 Å². The molecule has 1 aliphatic heterocycles. The monoisotopic (exact) mass is 292 g/mol. The van der Waals surface area contributed by atoms with Gasteiger partial charge in [0.05, 0.1) is 7.11 Å². The maximum Gasteiger partial charge on any atom is 0.126 e. The summed E-state index contributed by atoms with van der Waals surface area (Å²) in [6.45, 7) is 2.20. The molecule has 1 aromatic carbocycles. The van der Waals surface area contributed by atoms with E-state index in [1.807, 2.05) is 6.07 Å². The fourth-order valence-corrected chi connectivity index (χ4v) is 3.92. The van der Waals surface area contributed by atoms with Gasteiger partial charge in [0.2, 0.25) is 0 Å². The van der Waals surface area contributed by atoms with Crippen molar-refractivity contribution in [2.75, 3.05) is 20.2 Å². The minimum absolute atomic E-state index is 0.227. The lowest BCUT2D eigenvalue weighted by Crippen LogP contribution is -2.37. The van der Waals surface area contributed by atoms with Crippen LogP contribution in [0.3, 0.4) is 0 Å². The average molecular weight is 292 g/mol. The Morgan fingerprint density at radius 1 is 1.19 bits per heavy atom. The zero-order chi connectivity index (χ0) is 14.8. The van der Waals surface area contributed by atoms with Gasteiger partial charge in [0, 0.05) is 31.2 Å². The second-order valence-corrected chi connectivity index (χ2v) is 6.44. The van der Waals surface area contributed by atoms with Crippen LogP contribution in [0, 0.1) is 5.82 Å². The summed E-state index contributed by atoms with van der Waals surface area (Å²) in [5, 5.41) is 0. The highest BCUT2D eigenvalue weighted by Crippen LogP contribution is 2.39. The number of methoxy groups -OCH3 is 1. The van der Waals surface area contributed by atoms with Gasteiger partial charge in [-0.25, -0.2) is 4.39 Å². The third kappa shape index (κ3) is 3.22. The van der Waals surface area contributed by atoms with Crippen LogP contribution in [0.5, 0.6) is 5.75 Å². The van der Waals surface area contributed by atoms with Crippen molar-refractivity contribution in [3.8, 4) is 5.75 Å². The summed E-state index contributed by atoms with van der Waals surface area (Å²) < 4.78 is 18.7. The normalized spacial score (nSPS) is 30.5. The quantitative estimate of drug-likeness (QED) is 0.931. The first kappa shape index (κ1) is 14.8. The van der Waals surface area contributed by atoms with Crippen molar-refractivity contribution in [1.82, 2.24) is 4.90 Å². The summed E-state index contributed by atoms with van der Waals surface area (Å²) in [5.74, 6) is 0.963. The number of nitrogens with two attached hydrogens (primary N) is 1. The number of rotatable bonds is 3. The molecule has 0 amide bonds. The summed E-state index contributed by atoms with van der Waals surface area (Å²) in [4.78, 5) is 2.56. The van der Waals surface area contributed by atoms with E-state index < -0.39 is 0 Å². The molecule has 1 unspecified atom stereocenters. The summed E-state index contributed by atoms with van der Waals surface area (Å²) in [5.41, 5.74) is 7.17. The van der Waals surface area contributed by atoms with Crippen molar-refractivity contribution in [3.63, 3.8) is 0 Å². The smallest absolute Gasteiger partial charge is 0.126 e. The number of hydrogen-bond acceptors (Lipinski definition) is 3. The molecule has 0 spiro atoms. The number of ether oxygens (including phenoxy) is 1. The lowest BCUT2D eigenvalue weighted by molar-refractivity contribution is 0.179. The van der Waals surface area contributed by atoms with E-state index in [0.717, 1.165) is 37.9 Å². The van der Waals surface area contributed by atoms with Gasteiger partial charge in [-0.1, -0.05) is 6.07 Å². The van der Waals surface area contributed by atoms with Crippen molar-refractivity contribution in [3.05, 3.63) is 29.6 Å². The molecule has 3 nitrogen and oxygen atoms in total. The highest BCUT2D eigenvalue weighted by molar-refractivity contribution is 5.37. The number of benzene rings is 1.